The van der Waals surface area contributed by atoms with Crippen molar-refractivity contribution in [3.63, 3.8) is 0 Å². The number of para-hydroxylation sites is 3. The van der Waals surface area contributed by atoms with E-state index in [2.05, 4.69) is 173 Å². The highest BCUT2D eigenvalue weighted by Crippen LogP contribution is 2.40. The van der Waals surface area contributed by atoms with Crippen LogP contribution in [0.4, 0.5) is 0 Å². The highest BCUT2D eigenvalue weighted by atomic mass is 32.1. The lowest BCUT2D eigenvalue weighted by molar-refractivity contribution is 1.01. The quantitative estimate of drug-likeness (QED) is 0.187. The minimum Gasteiger partial charge on any atom is -0.309 e. The molecule has 5 heteroatoms. The molecule has 4 heterocycles. The lowest BCUT2D eigenvalue weighted by Gasteiger charge is -2.11. The maximum absolute atomic E-state index is 5.26. The number of thiophene rings is 1. The fourth-order valence-corrected chi connectivity index (χ4v) is 8.95. The number of rotatable bonds is 4. The molecule has 0 saturated heterocycles. The molecule has 0 aliphatic heterocycles. The highest BCUT2D eigenvalue weighted by Gasteiger charge is 2.18. The number of hydrogen-bond acceptors (Lipinski definition) is 3. The van der Waals surface area contributed by atoms with Crippen molar-refractivity contribution in [3.8, 4) is 33.9 Å². The molecule has 0 bridgehead atoms. The van der Waals surface area contributed by atoms with Crippen LogP contribution in [0.25, 0.3) is 97.8 Å². The van der Waals surface area contributed by atoms with Crippen molar-refractivity contribution in [1.82, 2.24) is 19.1 Å². The normalized spacial score (nSPS) is 11.9. The number of aromatic nitrogens is 4. The van der Waals surface area contributed by atoms with Gasteiger partial charge >= 0.3 is 0 Å². The van der Waals surface area contributed by atoms with Gasteiger partial charge in [-0.2, -0.15) is 0 Å². The fourth-order valence-electron chi connectivity index (χ4n) is 7.96. The monoisotopic (exact) mass is 668 g/mol. The molecule has 238 valence electrons. The first-order chi connectivity index (χ1) is 25.3. The molecule has 0 fully saturated rings. The first kappa shape index (κ1) is 28.3. The van der Waals surface area contributed by atoms with E-state index in [1.807, 2.05) is 6.20 Å². The van der Waals surface area contributed by atoms with Gasteiger partial charge in [0.25, 0.3) is 0 Å². The number of nitrogens with zero attached hydrogens (tertiary/aromatic N) is 4. The smallest absolute Gasteiger partial charge is 0.235 e. The second kappa shape index (κ2) is 11.0. The molecule has 11 rings (SSSR count). The first-order valence-corrected chi connectivity index (χ1v) is 18.0. The lowest BCUT2D eigenvalue weighted by atomic mass is 9.99. The van der Waals surface area contributed by atoms with Crippen LogP contribution in [0, 0.1) is 0 Å². The molecule has 0 unspecified atom stereocenters. The van der Waals surface area contributed by atoms with E-state index >= 15 is 0 Å². The Morgan fingerprint density at radius 1 is 0.431 bits per heavy atom. The van der Waals surface area contributed by atoms with Crippen LogP contribution in [0.2, 0.25) is 0 Å². The molecule has 0 saturated carbocycles. The van der Waals surface area contributed by atoms with Crippen LogP contribution in [0.15, 0.2) is 170 Å². The third-order valence-corrected chi connectivity index (χ3v) is 11.3. The number of fused-ring (bicyclic) bond motifs is 9. The second-order valence-electron chi connectivity index (χ2n) is 13.0. The van der Waals surface area contributed by atoms with E-state index in [9.17, 15) is 0 Å². The van der Waals surface area contributed by atoms with Gasteiger partial charge in [-0.1, -0.05) is 115 Å². The summed E-state index contributed by atoms with van der Waals surface area (Å²) in [7, 11) is 0. The van der Waals surface area contributed by atoms with Crippen molar-refractivity contribution >= 4 is 75.3 Å². The van der Waals surface area contributed by atoms with E-state index in [0.29, 0.717) is 5.95 Å². The van der Waals surface area contributed by atoms with Crippen molar-refractivity contribution < 1.29 is 0 Å². The van der Waals surface area contributed by atoms with Crippen molar-refractivity contribution in [2.45, 2.75) is 0 Å². The Labute approximate surface area is 297 Å². The van der Waals surface area contributed by atoms with E-state index in [0.717, 1.165) is 43.5 Å². The predicted molar refractivity (Wildman–Crippen MR) is 214 cm³/mol. The van der Waals surface area contributed by atoms with Gasteiger partial charge in [0.05, 0.1) is 38.5 Å². The highest BCUT2D eigenvalue weighted by molar-refractivity contribution is 7.25. The molecule has 0 spiro atoms. The summed E-state index contributed by atoms with van der Waals surface area (Å²) < 4.78 is 6.88. The largest absolute Gasteiger partial charge is 0.309 e. The molecule has 0 aliphatic rings. The fraction of sp³-hybridized carbons (Fsp3) is 0. The zero-order chi connectivity index (χ0) is 33.5. The molecule has 51 heavy (non-hydrogen) atoms. The van der Waals surface area contributed by atoms with Crippen LogP contribution in [0.1, 0.15) is 0 Å². The molecular formula is C46H28N4S. The summed E-state index contributed by atoms with van der Waals surface area (Å²) in [6.07, 6.45) is 1.98. The Morgan fingerprint density at radius 2 is 1.06 bits per heavy atom. The van der Waals surface area contributed by atoms with Gasteiger partial charge in [-0.05, 0) is 70.8 Å². The SMILES string of the molecule is c1ccc(-c2cccc3c2c2ccccc2n3-c2cccc(-c3ccc4sc5cnc(-n6c7ccccc7c7ccccc76)nc5c4c3)c2)cc1. The van der Waals surface area contributed by atoms with E-state index in [1.54, 1.807) is 11.3 Å². The van der Waals surface area contributed by atoms with Gasteiger partial charge in [-0.15, -0.1) is 11.3 Å². The standard InChI is InChI=1S/C46H28N4S/c1-2-12-29(13-3-1)33-19-11-23-41-44(33)36-18-6-9-22-40(36)49(41)32-15-10-14-30(26-32)31-24-25-42-37(27-31)45-43(51-42)28-47-46(48-45)50-38-20-7-4-16-34(38)35-17-5-8-21-39(35)50/h1-28H. The van der Waals surface area contributed by atoms with Crippen molar-refractivity contribution in [2.75, 3.05) is 0 Å². The molecule has 7 aromatic carbocycles. The minimum absolute atomic E-state index is 0.688. The van der Waals surface area contributed by atoms with Gasteiger partial charge in [0.1, 0.15) is 0 Å². The van der Waals surface area contributed by atoms with Crippen molar-refractivity contribution in [1.29, 1.82) is 0 Å². The third-order valence-electron chi connectivity index (χ3n) is 10.2. The van der Waals surface area contributed by atoms with E-state index in [1.165, 1.54) is 48.4 Å². The van der Waals surface area contributed by atoms with Crippen molar-refractivity contribution in [2.24, 2.45) is 0 Å². The average molecular weight is 669 g/mol. The molecule has 4 aromatic heterocycles. The average Bonchev–Trinajstić information content (AvgIpc) is 3.85. The van der Waals surface area contributed by atoms with Crippen LogP contribution < -0.4 is 0 Å². The van der Waals surface area contributed by atoms with Crippen LogP contribution in [0.3, 0.4) is 0 Å². The van der Waals surface area contributed by atoms with Crippen LogP contribution in [-0.4, -0.2) is 19.1 Å². The van der Waals surface area contributed by atoms with Crippen LogP contribution in [0.5, 0.6) is 0 Å². The van der Waals surface area contributed by atoms with Crippen LogP contribution in [-0.2, 0) is 0 Å². The van der Waals surface area contributed by atoms with E-state index < -0.39 is 0 Å². The maximum Gasteiger partial charge on any atom is 0.235 e. The van der Waals surface area contributed by atoms with Gasteiger partial charge < -0.3 is 4.57 Å². The topological polar surface area (TPSA) is 35.6 Å². The number of hydrogen-bond donors (Lipinski definition) is 0. The molecule has 11 aromatic rings. The van der Waals surface area contributed by atoms with Gasteiger partial charge in [-0.25, -0.2) is 9.97 Å². The lowest BCUT2D eigenvalue weighted by Crippen LogP contribution is -2.00. The molecule has 4 nitrogen and oxygen atoms in total. The predicted octanol–water partition coefficient (Wildman–Crippen LogP) is 12.4. The summed E-state index contributed by atoms with van der Waals surface area (Å²) in [4.78, 5) is 10.2. The van der Waals surface area contributed by atoms with Crippen LogP contribution >= 0.6 is 11.3 Å². The zero-order valence-corrected chi connectivity index (χ0v) is 28.2. The molecule has 0 amide bonds. The van der Waals surface area contributed by atoms with E-state index in [-0.39, 0.29) is 0 Å². The summed E-state index contributed by atoms with van der Waals surface area (Å²) in [5.74, 6) is 0.688. The minimum atomic E-state index is 0.688. The van der Waals surface area contributed by atoms with Gasteiger partial charge in [0.15, 0.2) is 0 Å². The molecule has 0 radical (unpaired) electrons. The molecule has 0 aliphatic carbocycles. The Bertz CT molecular complexity index is 3090. The van der Waals surface area contributed by atoms with Gasteiger partial charge in [0.2, 0.25) is 5.95 Å². The third kappa shape index (κ3) is 4.25. The van der Waals surface area contributed by atoms with E-state index in [4.69, 9.17) is 9.97 Å². The Morgan fingerprint density at radius 3 is 1.84 bits per heavy atom. The molecule has 0 atom stereocenters. The Kier molecular flexibility index (Phi) is 6.09. The summed E-state index contributed by atoms with van der Waals surface area (Å²) >= 11 is 1.74. The Hall–Kier alpha value is -6.56. The summed E-state index contributed by atoms with van der Waals surface area (Å²) in [6.45, 7) is 0. The summed E-state index contributed by atoms with van der Waals surface area (Å²) in [5.41, 5.74) is 11.5. The maximum atomic E-state index is 5.26. The second-order valence-corrected chi connectivity index (χ2v) is 14.1. The molecular weight excluding hydrogens is 641 g/mol. The summed E-state index contributed by atoms with van der Waals surface area (Å²) in [5, 5.41) is 6.07. The summed E-state index contributed by atoms with van der Waals surface area (Å²) in [6, 6.07) is 58.8. The van der Waals surface area contributed by atoms with Gasteiger partial charge in [0, 0.05) is 37.3 Å². The Balaban J connectivity index is 1.07. The zero-order valence-electron chi connectivity index (χ0n) is 27.4. The first-order valence-electron chi connectivity index (χ1n) is 17.2. The number of benzene rings is 7. The van der Waals surface area contributed by atoms with Gasteiger partial charge in [-0.3, -0.25) is 4.57 Å². The molecule has 0 N–H and O–H groups in total. The van der Waals surface area contributed by atoms with Crippen molar-refractivity contribution in [3.05, 3.63) is 170 Å².